The van der Waals surface area contributed by atoms with Gasteiger partial charge in [0.15, 0.2) is 0 Å². The monoisotopic (exact) mass is 379 g/mol. The molecule has 1 saturated carbocycles. The van der Waals surface area contributed by atoms with Crippen LogP contribution in [0.3, 0.4) is 0 Å². The first kappa shape index (κ1) is 18.4. The van der Waals surface area contributed by atoms with E-state index in [4.69, 9.17) is 0 Å². The molecule has 2 aliphatic rings. The van der Waals surface area contributed by atoms with Crippen molar-refractivity contribution in [2.75, 3.05) is 16.6 Å². The summed E-state index contributed by atoms with van der Waals surface area (Å²) in [5.41, 5.74) is -0.720. The van der Waals surface area contributed by atoms with Crippen molar-refractivity contribution in [1.82, 2.24) is 10.6 Å². The van der Waals surface area contributed by atoms with Crippen LogP contribution in [0.1, 0.15) is 37.0 Å². The Balaban J connectivity index is 1.74. The molecule has 1 aromatic rings. The number of carbonyl (C=O) groups is 3. The molecule has 0 aromatic heterocycles. The van der Waals surface area contributed by atoms with Gasteiger partial charge in [-0.1, -0.05) is 6.07 Å². The maximum atomic E-state index is 12.4. The largest absolute Gasteiger partial charge is 0.352 e. The number of benzene rings is 1. The van der Waals surface area contributed by atoms with Gasteiger partial charge in [-0.25, -0.2) is 12.7 Å². The van der Waals surface area contributed by atoms with Crippen molar-refractivity contribution < 1.29 is 22.8 Å². The number of sulfonamides is 1. The molecule has 1 aliphatic carbocycles. The van der Waals surface area contributed by atoms with Gasteiger partial charge in [-0.05, 0) is 44.9 Å². The van der Waals surface area contributed by atoms with Crippen LogP contribution in [0.15, 0.2) is 24.3 Å². The van der Waals surface area contributed by atoms with Gasteiger partial charge >= 0.3 is 0 Å². The second-order valence-electron chi connectivity index (χ2n) is 7.28. The zero-order chi connectivity index (χ0) is 19.1. The van der Waals surface area contributed by atoms with E-state index < -0.39 is 27.3 Å². The van der Waals surface area contributed by atoms with Crippen molar-refractivity contribution in [2.24, 2.45) is 5.41 Å². The van der Waals surface area contributed by atoms with E-state index in [0.717, 1.165) is 17.1 Å². The highest BCUT2D eigenvalue weighted by molar-refractivity contribution is 7.94. The Bertz CT molecular complexity index is 874. The first-order chi connectivity index (χ1) is 12.1. The number of nitrogens with zero attached hydrogens (tertiary/aromatic N) is 1. The van der Waals surface area contributed by atoms with E-state index >= 15 is 0 Å². The topological polar surface area (TPSA) is 113 Å². The Morgan fingerprint density at radius 1 is 1.27 bits per heavy atom. The van der Waals surface area contributed by atoms with Gasteiger partial charge in [0.2, 0.25) is 21.8 Å². The normalized spacial score (nSPS) is 20.7. The highest BCUT2D eigenvalue weighted by Crippen LogP contribution is 2.35. The molecule has 1 aromatic carbocycles. The average Bonchev–Trinajstić information content (AvgIpc) is 3.32. The number of amides is 3. The van der Waals surface area contributed by atoms with E-state index in [1.165, 1.54) is 24.3 Å². The molecule has 1 aliphatic heterocycles. The fourth-order valence-electron chi connectivity index (χ4n) is 2.80. The predicted molar refractivity (Wildman–Crippen MR) is 95.0 cm³/mol. The molecule has 8 nitrogen and oxygen atoms in total. The van der Waals surface area contributed by atoms with Crippen LogP contribution in [0.5, 0.6) is 0 Å². The zero-order valence-corrected chi connectivity index (χ0v) is 15.4. The van der Waals surface area contributed by atoms with Gasteiger partial charge in [0.1, 0.15) is 0 Å². The van der Waals surface area contributed by atoms with Gasteiger partial charge in [-0.3, -0.25) is 14.4 Å². The predicted octanol–water partition coefficient (Wildman–Crippen LogP) is 0.398. The quantitative estimate of drug-likeness (QED) is 0.769. The molecule has 3 amide bonds. The van der Waals surface area contributed by atoms with Gasteiger partial charge in [-0.15, -0.1) is 0 Å². The van der Waals surface area contributed by atoms with Crippen molar-refractivity contribution in [2.45, 2.75) is 32.7 Å². The first-order valence-corrected chi connectivity index (χ1v) is 9.96. The Kier molecular flexibility index (Phi) is 4.51. The van der Waals surface area contributed by atoms with Gasteiger partial charge in [-0.2, -0.15) is 0 Å². The van der Waals surface area contributed by atoms with E-state index in [0.29, 0.717) is 0 Å². The second kappa shape index (κ2) is 6.39. The summed E-state index contributed by atoms with van der Waals surface area (Å²) in [6.45, 7) is 2.98. The lowest BCUT2D eigenvalue weighted by Crippen LogP contribution is -2.38. The molecule has 0 unspecified atom stereocenters. The Morgan fingerprint density at radius 2 is 1.96 bits per heavy atom. The number of hydrogen-bond acceptors (Lipinski definition) is 5. The summed E-state index contributed by atoms with van der Waals surface area (Å²) in [6.07, 6.45) is 1.91. The van der Waals surface area contributed by atoms with Gasteiger partial charge in [0, 0.05) is 11.6 Å². The molecule has 0 radical (unpaired) electrons. The van der Waals surface area contributed by atoms with Crippen LogP contribution in [0, 0.1) is 5.41 Å². The van der Waals surface area contributed by atoms with Crippen molar-refractivity contribution in [3.05, 3.63) is 29.8 Å². The van der Waals surface area contributed by atoms with Crippen LogP contribution >= 0.6 is 0 Å². The molecule has 0 bridgehead atoms. The van der Waals surface area contributed by atoms with Crippen LogP contribution in [0.2, 0.25) is 0 Å². The third kappa shape index (κ3) is 3.72. The standard InChI is InChI=1S/C17H21N3O5S/c1-17(2)10-26(24,25)20(16(17)23)13-5-3-4-11(8-13)15(22)18-9-14(21)19-12-6-7-12/h3-5,8,12H,6-7,9-10H2,1-2H3,(H,18,22)(H,19,21). The molecule has 0 spiro atoms. The van der Waals surface area contributed by atoms with Gasteiger partial charge in [0.25, 0.3) is 5.91 Å². The second-order valence-corrected chi connectivity index (χ2v) is 9.10. The third-order valence-corrected chi connectivity index (χ3v) is 6.30. The summed E-state index contributed by atoms with van der Waals surface area (Å²) >= 11 is 0. The zero-order valence-electron chi connectivity index (χ0n) is 14.6. The fraction of sp³-hybridized carbons (Fsp3) is 0.471. The minimum absolute atomic E-state index is 0.121. The SMILES string of the molecule is CC1(C)CS(=O)(=O)N(c2cccc(C(=O)NCC(=O)NC3CC3)c2)C1=O. The smallest absolute Gasteiger partial charge is 0.251 e. The Morgan fingerprint density at radius 3 is 2.54 bits per heavy atom. The minimum Gasteiger partial charge on any atom is -0.352 e. The Hall–Kier alpha value is -2.42. The molecule has 9 heteroatoms. The molecule has 2 N–H and O–H groups in total. The van der Waals surface area contributed by atoms with Crippen LogP contribution in [-0.2, 0) is 19.6 Å². The molecule has 26 heavy (non-hydrogen) atoms. The molecular formula is C17H21N3O5S. The maximum absolute atomic E-state index is 12.4. The molecule has 0 atom stereocenters. The minimum atomic E-state index is -3.78. The summed E-state index contributed by atoms with van der Waals surface area (Å²) in [6, 6.07) is 6.01. The summed E-state index contributed by atoms with van der Waals surface area (Å²) in [5, 5.41) is 5.25. The fourth-order valence-corrected chi connectivity index (χ4v) is 4.90. The summed E-state index contributed by atoms with van der Waals surface area (Å²) < 4.78 is 25.4. The average molecular weight is 379 g/mol. The lowest BCUT2D eigenvalue weighted by Gasteiger charge is -2.18. The summed E-state index contributed by atoms with van der Waals surface area (Å²) in [4.78, 5) is 36.3. The van der Waals surface area contributed by atoms with Gasteiger partial charge in [0.05, 0.1) is 23.4 Å². The van der Waals surface area contributed by atoms with E-state index in [1.807, 2.05) is 0 Å². The molecule has 2 fully saturated rings. The van der Waals surface area contributed by atoms with Crippen molar-refractivity contribution in [3.63, 3.8) is 0 Å². The molecular weight excluding hydrogens is 358 g/mol. The van der Waals surface area contributed by atoms with E-state index in [9.17, 15) is 22.8 Å². The highest BCUT2D eigenvalue weighted by atomic mass is 32.2. The van der Waals surface area contributed by atoms with Crippen molar-refractivity contribution in [1.29, 1.82) is 0 Å². The van der Waals surface area contributed by atoms with Gasteiger partial charge < -0.3 is 10.6 Å². The van der Waals surface area contributed by atoms with Crippen LogP contribution in [0.4, 0.5) is 5.69 Å². The number of hydrogen-bond donors (Lipinski definition) is 2. The summed E-state index contributed by atoms with van der Waals surface area (Å²) in [7, 11) is -3.78. The molecule has 140 valence electrons. The summed E-state index contributed by atoms with van der Waals surface area (Å²) in [5.74, 6) is -1.59. The van der Waals surface area contributed by atoms with E-state index in [1.54, 1.807) is 13.8 Å². The number of carbonyl (C=O) groups excluding carboxylic acids is 3. The lowest BCUT2D eigenvalue weighted by molar-refractivity contribution is -0.123. The number of rotatable bonds is 5. The Labute approximate surface area is 152 Å². The van der Waals surface area contributed by atoms with Crippen LogP contribution in [0.25, 0.3) is 0 Å². The molecule has 1 saturated heterocycles. The first-order valence-electron chi connectivity index (χ1n) is 8.35. The third-order valence-electron chi connectivity index (χ3n) is 4.28. The maximum Gasteiger partial charge on any atom is 0.251 e. The number of anilines is 1. The molecule has 3 rings (SSSR count). The van der Waals surface area contributed by atoms with Crippen molar-refractivity contribution >= 4 is 33.4 Å². The highest BCUT2D eigenvalue weighted by Gasteiger charge is 2.49. The number of nitrogens with one attached hydrogen (secondary N) is 2. The van der Waals surface area contributed by atoms with Crippen molar-refractivity contribution in [3.8, 4) is 0 Å². The van der Waals surface area contributed by atoms with E-state index in [-0.39, 0.29) is 35.5 Å². The van der Waals surface area contributed by atoms with Crippen LogP contribution < -0.4 is 14.9 Å². The molecule has 1 heterocycles. The van der Waals surface area contributed by atoms with Crippen LogP contribution in [-0.4, -0.2) is 44.5 Å². The lowest BCUT2D eigenvalue weighted by atomic mass is 9.95. The van der Waals surface area contributed by atoms with E-state index in [2.05, 4.69) is 10.6 Å².